The van der Waals surface area contributed by atoms with E-state index in [1.165, 1.54) is 11.1 Å². The van der Waals surface area contributed by atoms with Gasteiger partial charge in [0.05, 0.1) is 6.21 Å². The number of aromatic nitrogens is 2. The number of anilines is 1. The molecule has 3 rings (SSSR count). The number of rotatable bonds is 4. The van der Waals surface area contributed by atoms with Crippen LogP contribution in [0.1, 0.15) is 5.56 Å². The molecule has 4 nitrogen and oxygen atoms in total. The molecule has 22 heavy (non-hydrogen) atoms. The first-order valence-electron chi connectivity index (χ1n) is 6.75. The summed E-state index contributed by atoms with van der Waals surface area (Å²) in [5.74, 6) is 0.543. The minimum absolute atomic E-state index is 0.353. The monoisotopic (exact) mass is 308 g/mol. The summed E-state index contributed by atoms with van der Waals surface area (Å²) in [5.41, 5.74) is 6.17. The second kappa shape index (κ2) is 6.83. The zero-order valence-corrected chi connectivity index (χ0v) is 12.4. The highest BCUT2D eigenvalue weighted by Crippen LogP contribution is 2.18. The Kier molecular flexibility index (Phi) is 4.41. The molecule has 2 aromatic carbocycles. The van der Waals surface area contributed by atoms with Crippen LogP contribution in [0.2, 0.25) is 5.15 Å². The van der Waals surface area contributed by atoms with Gasteiger partial charge in [-0.25, -0.2) is 0 Å². The van der Waals surface area contributed by atoms with Crippen molar-refractivity contribution in [1.29, 1.82) is 0 Å². The van der Waals surface area contributed by atoms with Crippen molar-refractivity contribution >= 4 is 23.6 Å². The lowest BCUT2D eigenvalue weighted by atomic mass is 10.0. The molecule has 0 bridgehead atoms. The van der Waals surface area contributed by atoms with E-state index in [4.69, 9.17) is 11.6 Å². The Morgan fingerprint density at radius 3 is 2.23 bits per heavy atom. The Hall–Kier alpha value is -2.72. The van der Waals surface area contributed by atoms with Crippen LogP contribution in [-0.4, -0.2) is 16.4 Å². The number of hydrogen-bond acceptors (Lipinski definition) is 4. The van der Waals surface area contributed by atoms with Crippen molar-refractivity contribution in [3.8, 4) is 11.1 Å². The van der Waals surface area contributed by atoms with Crippen molar-refractivity contribution in [2.24, 2.45) is 5.10 Å². The maximum absolute atomic E-state index is 5.67. The van der Waals surface area contributed by atoms with Gasteiger partial charge in [-0.2, -0.15) is 5.10 Å². The number of benzene rings is 2. The van der Waals surface area contributed by atoms with Crippen molar-refractivity contribution in [3.05, 3.63) is 77.4 Å². The Balaban J connectivity index is 1.66. The van der Waals surface area contributed by atoms with Gasteiger partial charge in [0.25, 0.3) is 0 Å². The lowest BCUT2D eigenvalue weighted by Gasteiger charge is -2.02. The molecule has 0 atom stereocenters. The number of hydrogen-bond donors (Lipinski definition) is 1. The van der Waals surface area contributed by atoms with Gasteiger partial charge in [0.1, 0.15) is 0 Å². The molecule has 0 saturated carbocycles. The van der Waals surface area contributed by atoms with E-state index in [9.17, 15) is 0 Å². The van der Waals surface area contributed by atoms with Crippen molar-refractivity contribution in [1.82, 2.24) is 10.2 Å². The van der Waals surface area contributed by atoms with Gasteiger partial charge in [0.15, 0.2) is 11.0 Å². The number of hydrazone groups is 1. The van der Waals surface area contributed by atoms with Gasteiger partial charge in [0.2, 0.25) is 0 Å². The van der Waals surface area contributed by atoms with E-state index in [1.54, 1.807) is 18.3 Å². The summed E-state index contributed by atoms with van der Waals surface area (Å²) in [7, 11) is 0. The third kappa shape index (κ3) is 3.68. The summed E-state index contributed by atoms with van der Waals surface area (Å²) >= 11 is 5.67. The molecule has 5 heteroatoms. The third-order valence-electron chi connectivity index (χ3n) is 3.04. The fourth-order valence-electron chi connectivity index (χ4n) is 1.94. The molecule has 0 saturated heterocycles. The third-order valence-corrected chi connectivity index (χ3v) is 3.24. The average Bonchev–Trinajstić information content (AvgIpc) is 2.58. The van der Waals surface area contributed by atoms with E-state index in [1.807, 2.05) is 30.3 Å². The molecule has 0 radical (unpaired) electrons. The van der Waals surface area contributed by atoms with Gasteiger partial charge < -0.3 is 0 Å². The van der Waals surface area contributed by atoms with Gasteiger partial charge in [-0.15, -0.1) is 10.2 Å². The molecule has 0 spiro atoms. The molecule has 0 aliphatic rings. The largest absolute Gasteiger partial charge is 0.260 e. The van der Waals surface area contributed by atoms with Crippen LogP contribution in [0.3, 0.4) is 0 Å². The smallest absolute Gasteiger partial charge is 0.168 e. The normalized spacial score (nSPS) is 10.8. The summed E-state index contributed by atoms with van der Waals surface area (Å²) in [6.07, 6.45) is 1.73. The lowest BCUT2D eigenvalue weighted by Crippen LogP contribution is -1.94. The maximum atomic E-state index is 5.67. The Bertz CT molecular complexity index is 753. The van der Waals surface area contributed by atoms with Crippen LogP contribution in [-0.2, 0) is 0 Å². The molecule has 108 valence electrons. The first kappa shape index (κ1) is 14.2. The van der Waals surface area contributed by atoms with Gasteiger partial charge in [0, 0.05) is 0 Å². The quantitative estimate of drug-likeness (QED) is 0.579. The SMILES string of the molecule is Clc1ccc(N/N=C/c2ccc(-c3ccccc3)cc2)nn1. The molecule has 0 amide bonds. The summed E-state index contributed by atoms with van der Waals surface area (Å²) in [6, 6.07) is 21.8. The molecule has 1 N–H and O–H groups in total. The van der Waals surface area contributed by atoms with Crippen molar-refractivity contribution in [2.75, 3.05) is 5.43 Å². The molecule has 1 heterocycles. The van der Waals surface area contributed by atoms with E-state index in [0.29, 0.717) is 11.0 Å². The predicted octanol–water partition coefficient (Wildman–Crippen LogP) is 4.24. The average molecular weight is 309 g/mol. The molecular formula is C17H13ClN4. The topological polar surface area (TPSA) is 50.2 Å². The van der Waals surface area contributed by atoms with Crippen LogP contribution < -0.4 is 5.43 Å². The van der Waals surface area contributed by atoms with E-state index >= 15 is 0 Å². The summed E-state index contributed by atoms with van der Waals surface area (Å²) in [4.78, 5) is 0. The van der Waals surface area contributed by atoms with Crippen molar-refractivity contribution in [3.63, 3.8) is 0 Å². The first-order valence-corrected chi connectivity index (χ1v) is 7.13. The number of halogens is 1. The molecular weight excluding hydrogens is 296 g/mol. The van der Waals surface area contributed by atoms with E-state index < -0.39 is 0 Å². The fraction of sp³-hybridized carbons (Fsp3) is 0. The van der Waals surface area contributed by atoms with Gasteiger partial charge in [-0.1, -0.05) is 66.2 Å². The number of nitrogens with zero attached hydrogens (tertiary/aromatic N) is 3. The van der Waals surface area contributed by atoms with Crippen molar-refractivity contribution < 1.29 is 0 Å². The van der Waals surface area contributed by atoms with E-state index in [0.717, 1.165) is 5.56 Å². The standard InChI is InChI=1S/C17H13ClN4/c18-16-10-11-17(22-20-16)21-19-12-13-6-8-15(9-7-13)14-4-2-1-3-5-14/h1-12H,(H,21,22)/b19-12+. The van der Waals surface area contributed by atoms with Crippen LogP contribution >= 0.6 is 11.6 Å². The molecule has 0 aliphatic heterocycles. The Morgan fingerprint density at radius 2 is 1.55 bits per heavy atom. The van der Waals surface area contributed by atoms with Crippen LogP contribution in [0, 0.1) is 0 Å². The van der Waals surface area contributed by atoms with Gasteiger partial charge in [-0.3, -0.25) is 5.43 Å². The van der Waals surface area contributed by atoms with Crippen LogP contribution in [0.5, 0.6) is 0 Å². The fourth-order valence-corrected chi connectivity index (χ4v) is 2.04. The highest BCUT2D eigenvalue weighted by atomic mass is 35.5. The second-order valence-electron chi connectivity index (χ2n) is 4.60. The summed E-state index contributed by atoms with van der Waals surface area (Å²) in [6.45, 7) is 0. The van der Waals surface area contributed by atoms with E-state index in [2.05, 4.69) is 45.0 Å². The van der Waals surface area contributed by atoms with Gasteiger partial charge in [-0.05, 0) is 28.8 Å². The Labute approximate surface area is 133 Å². The molecule has 0 fully saturated rings. The second-order valence-corrected chi connectivity index (χ2v) is 4.99. The van der Waals surface area contributed by atoms with Gasteiger partial charge >= 0.3 is 0 Å². The molecule has 0 aliphatic carbocycles. The predicted molar refractivity (Wildman–Crippen MR) is 90.1 cm³/mol. The highest BCUT2D eigenvalue weighted by molar-refractivity contribution is 6.29. The Morgan fingerprint density at radius 1 is 0.818 bits per heavy atom. The minimum atomic E-state index is 0.353. The van der Waals surface area contributed by atoms with Crippen LogP contribution in [0.25, 0.3) is 11.1 Å². The summed E-state index contributed by atoms with van der Waals surface area (Å²) in [5, 5.41) is 12.1. The van der Waals surface area contributed by atoms with E-state index in [-0.39, 0.29) is 0 Å². The highest BCUT2D eigenvalue weighted by Gasteiger charge is 1.96. The first-order chi connectivity index (χ1) is 10.8. The molecule has 3 aromatic rings. The maximum Gasteiger partial charge on any atom is 0.168 e. The summed E-state index contributed by atoms with van der Waals surface area (Å²) < 4.78 is 0. The van der Waals surface area contributed by atoms with Crippen molar-refractivity contribution in [2.45, 2.75) is 0 Å². The lowest BCUT2D eigenvalue weighted by molar-refractivity contribution is 1.02. The van der Waals surface area contributed by atoms with Crippen LogP contribution in [0.15, 0.2) is 71.8 Å². The van der Waals surface area contributed by atoms with Crippen LogP contribution in [0.4, 0.5) is 5.82 Å². The minimum Gasteiger partial charge on any atom is -0.260 e. The number of nitrogens with one attached hydrogen (secondary N) is 1. The molecule has 1 aromatic heterocycles. The zero-order valence-electron chi connectivity index (χ0n) is 11.6. The zero-order chi connectivity index (χ0) is 15.2. The molecule has 0 unspecified atom stereocenters.